The number of fused-ring (bicyclic) bond motifs is 5. The lowest BCUT2D eigenvalue weighted by Gasteiger charge is -2.45. The fourth-order valence-electron chi connectivity index (χ4n) is 5.10. The molecule has 1 saturated heterocycles. The van der Waals surface area contributed by atoms with Crippen LogP contribution in [0.5, 0.6) is 0 Å². The molecule has 1 fully saturated rings. The van der Waals surface area contributed by atoms with E-state index in [9.17, 15) is 13.7 Å². The molecule has 2 aromatic carbocycles. The highest BCUT2D eigenvalue weighted by atomic mass is 32.2. The van der Waals surface area contributed by atoms with Crippen LogP contribution in [0.25, 0.3) is 0 Å². The van der Waals surface area contributed by atoms with E-state index in [1.165, 1.54) is 15.5 Å². The van der Waals surface area contributed by atoms with Gasteiger partial charge in [0.1, 0.15) is 0 Å². The summed E-state index contributed by atoms with van der Waals surface area (Å²) in [5, 5.41) is 16.5. The Balaban J connectivity index is 1.84. The Labute approximate surface area is 178 Å². The summed E-state index contributed by atoms with van der Waals surface area (Å²) in [6.45, 7) is 2.88. The zero-order chi connectivity index (χ0) is 21.6. The van der Waals surface area contributed by atoms with Gasteiger partial charge < -0.3 is 4.90 Å². The molecule has 0 unspecified atom stereocenters. The Morgan fingerprint density at radius 1 is 1.13 bits per heavy atom. The van der Waals surface area contributed by atoms with Crippen LogP contribution < -0.4 is 10.0 Å². The molecule has 7 nitrogen and oxygen atoms in total. The van der Waals surface area contributed by atoms with Crippen molar-refractivity contribution < 1.29 is 8.42 Å². The van der Waals surface area contributed by atoms with Gasteiger partial charge in [0.05, 0.1) is 17.7 Å². The van der Waals surface area contributed by atoms with E-state index in [0.717, 1.165) is 11.3 Å². The summed E-state index contributed by atoms with van der Waals surface area (Å²) in [4.78, 5) is 2.37. The molecule has 3 atom stereocenters. The van der Waals surface area contributed by atoms with Gasteiger partial charge in [-0.25, -0.2) is 10.1 Å². The van der Waals surface area contributed by atoms with Gasteiger partial charge in [0.25, 0.3) is 10.2 Å². The third kappa shape index (κ3) is 3.48. The lowest BCUT2D eigenvalue weighted by atomic mass is 9.86. The largest absolute Gasteiger partial charge is 0.364 e. The van der Waals surface area contributed by atoms with Crippen molar-refractivity contribution in [1.29, 1.82) is 5.26 Å². The first-order valence-electron chi connectivity index (χ1n) is 10.1. The Hall–Kier alpha value is -2.44. The number of benzene rings is 2. The fourth-order valence-corrected chi connectivity index (χ4v) is 6.16. The van der Waals surface area contributed by atoms with E-state index in [1.807, 2.05) is 30.3 Å². The number of nitrogens with two attached hydrogens (primary N) is 1. The molecular formula is C22H27N5O2S. The molecule has 30 heavy (non-hydrogen) atoms. The van der Waals surface area contributed by atoms with E-state index < -0.39 is 10.2 Å². The van der Waals surface area contributed by atoms with Crippen molar-refractivity contribution >= 4 is 15.9 Å². The summed E-state index contributed by atoms with van der Waals surface area (Å²) >= 11 is 0. The normalized spacial score (nSPS) is 23.4. The molecule has 0 radical (unpaired) electrons. The maximum Gasteiger partial charge on any atom is 0.290 e. The van der Waals surface area contributed by atoms with Gasteiger partial charge in [-0.05, 0) is 47.7 Å². The van der Waals surface area contributed by atoms with E-state index in [4.69, 9.17) is 5.14 Å². The number of anilines is 1. The third-order valence-electron chi connectivity index (χ3n) is 6.30. The molecule has 0 amide bonds. The van der Waals surface area contributed by atoms with E-state index in [1.54, 1.807) is 19.1 Å². The second-order valence-corrected chi connectivity index (χ2v) is 9.69. The van der Waals surface area contributed by atoms with Crippen molar-refractivity contribution in [3.05, 3.63) is 64.7 Å². The van der Waals surface area contributed by atoms with Gasteiger partial charge in [0.15, 0.2) is 0 Å². The Kier molecular flexibility index (Phi) is 5.32. The second kappa shape index (κ2) is 7.67. The van der Waals surface area contributed by atoms with Gasteiger partial charge in [-0.2, -0.15) is 13.7 Å². The number of rotatable bonds is 3. The van der Waals surface area contributed by atoms with Crippen molar-refractivity contribution in [3.63, 3.8) is 0 Å². The van der Waals surface area contributed by atoms with Crippen LogP contribution in [-0.2, 0) is 10.2 Å². The van der Waals surface area contributed by atoms with Crippen LogP contribution in [0.4, 0.5) is 5.69 Å². The summed E-state index contributed by atoms with van der Waals surface area (Å²) in [6.07, 6.45) is 1.30. The standard InChI is InChI=1S/C22H27N5O2S/c1-15-18-6-4-5-7-19(18)22-13-17(27(25(2)3)30(24,28)29)10-11-26(22)21-9-8-16(14-23)12-20(15)21/h4-9,12,15,17,22H,10-11,13H2,1-3H3,(H2,24,28,29)/t15-,17-,22-/m1/s1. The average molecular weight is 426 g/mol. The molecule has 2 heterocycles. The molecule has 2 aliphatic rings. The van der Waals surface area contributed by atoms with Crippen molar-refractivity contribution in [1.82, 2.24) is 9.42 Å². The average Bonchev–Trinajstić information content (AvgIpc) is 2.80. The van der Waals surface area contributed by atoms with E-state index >= 15 is 0 Å². The summed E-state index contributed by atoms with van der Waals surface area (Å²) in [5.74, 6) is 0.136. The molecule has 158 valence electrons. The molecule has 2 aromatic rings. The molecular weight excluding hydrogens is 398 g/mol. The molecule has 0 bridgehead atoms. The molecule has 2 aliphatic heterocycles. The maximum atomic E-state index is 12.3. The molecule has 0 saturated carbocycles. The Morgan fingerprint density at radius 2 is 1.83 bits per heavy atom. The third-order valence-corrected chi connectivity index (χ3v) is 7.44. The fraction of sp³-hybridized carbons (Fsp3) is 0.409. The van der Waals surface area contributed by atoms with Gasteiger partial charge in [0.2, 0.25) is 0 Å². The van der Waals surface area contributed by atoms with Crippen LogP contribution in [-0.4, -0.2) is 44.5 Å². The van der Waals surface area contributed by atoms with Crippen LogP contribution in [0.15, 0.2) is 42.5 Å². The van der Waals surface area contributed by atoms with Crippen LogP contribution in [0.3, 0.4) is 0 Å². The summed E-state index contributed by atoms with van der Waals surface area (Å²) in [5.41, 5.74) is 5.33. The molecule has 8 heteroatoms. The predicted octanol–water partition coefficient (Wildman–Crippen LogP) is 2.72. The summed E-state index contributed by atoms with van der Waals surface area (Å²) < 4.78 is 25.9. The van der Waals surface area contributed by atoms with Crippen LogP contribution in [0, 0.1) is 11.3 Å². The van der Waals surface area contributed by atoms with Gasteiger partial charge in [-0.3, -0.25) is 0 Å². The number of hydrogen-bond acceptors (Lipinski definition) is 5. The first kappa shape index (κ1) is 20.8. The Bertz CT molecular complexity index is 1110. The Morgan fingerprint density at radius 3 is 2.47 bits per heavy atom. The van der Waals surface area contributed by atoms with Crippen LogP contribution >= 0.6 is 0 Å². The number of nitrogens with zero attached hydrogens (tertiary/aromatic N) is 4. The second-order valence-electron chi connectivity index (χ2n) is 8.29. The minimum absolute atomic E-state index is 0.0285. The highest BCUT2D eigenvalue weighted by Gasteiger charge is 2.40. The number of hydrazine groups is 1. The lowest BCUT2D eigenvalue weighted by molar-refractivity contribution is 0.0596. The minimum Gasteiger partial charge on any atom is -0.364 e. The number of hydrogen-bond donors (Lipinski definition) is 1. The van der Waals surface area contributed by atoms with Crippen molar-refractivity contribution in [2.24, 2.45) is 5.14 Å². The quantitative estimate of drug-likeness (QED) is 0.763. The van der Waals surface area contributed by atoms with Crippen LogP contribution in [0.2, 0.25) is 0 Å². The lowest BCUT2D eigenvalue weighted by Crippen LogP contribution is -2.55. The zero-order valence-electron chi connectivity index (χ0n) is 17.5. The molecule has 0 aliphatic carbocycles. The van der Waals surface area contributed by atoms with Crippen molar-refractivity contribution in [3.8, 4) is 6.07 Å². The monoisotopic (exact) mass is 425 g/mol. The van der Waals surface area contributed by atoms with Gasteiger partial charge in [0, 0.05) is 38.3 Å². The van der Waals surface area contributed by atoms with E-state index in [0.29, 0.717) is 24.9 Å². The molecule has 4 rings (SSSR count). The first-order chi connectivity index (χ1) is 14.2. The predicted molar refractivity (Wildman–Crippen MR) is 117 cm³/mol. The van der Waals surface area contributed by atoms with E-state index in [2.05, 4.69) is 30.0 Å². The first-order valence-corrected chi connectivity index (χ1v) is 11.6. The van der Waals surface area contributed by atoms with Gasteiger partial charge >= 0.3 is 0 Å². The molecule has 0 spiro atoms. The van der Waals surface area contributed by atoms with Crippen molar-refractivity contribution in [2.45, 2.75) is 37.8 Å². The SMILES string of the molecule is C[C@@H]1c2ccccc2[C@H]2C[C@H](N(N(C)C)S(N)(=O)=O)CCN2c2ccc(C#N)cc21. The molecule has 0 aromatic heterocycles. The van der Waals surface area contributed by atoms with Crippen LogP contribution in [0.1, 0.15) is 54.0 Å². The van der Waals surface area contributed by atoms with Crippen molar-refractivity contribution in [2.75, 3.05) is 25.5 Å². The smallest absolute Gasteiger partial charge is 0.290 e. The zero-order valence-corrected chi connectivity index (χ0v) is 18.3. The molecule has 2 N–H and O–H groups in total. The topological polar surface area (TPSA) is 93.7 Å². The highest BCUT2D eigenvalue weighted by molar-refractivity contribution is 7.86. The number of nitriles is 1. The summed E-state index contributed by atoms with van der Waals surface area (Å²) in [6, 6.07) is 16.3. The van der Waals surface area contributed by atoms with Gasteiger partial charge in [-0.1, -0.05) is 31.2 Å². The summed E-state index contributed by atoms with van der Waals surface area (Å²) in [7, 11) is -0.450. The minimum atomic E-state index is -3.86. The maximum absolute atomic E-state index is 12.3. The number of piperidine rings is 1. The van der Waals surface area contributed by atoms with Gasteiger partial charge in [-0.15, -0.1) is 4.41 Å². The highest BCUT2D eigenvalue weighted by Crippen LogP contribution is 2.47. The van der Waals surface area contributed by atoms with E-state index in [-0.39, 0.29) is 18.0 Å².